The van der Waals surface area contributed by atoms with Gasteiger partial charge in [-0.25, -0.2) is 0 Å². The molecular formula is C22H40N2. The third-order valence-corrected chi connectivity index (χ3v) is 5.38. The Morgan fingerprint density at radius 1 is 0.625 bits per heavy atom. The first kappa shape index (κ1) is 20.9. The molecule has 0 aliphatic heterocycles. The predicted molar refractivity (Wildman–Crippen MR) is 110 cm³/mol. The van der Waals surface area contributed by atoms with E-state index in [2.05, 4.69) is 76.4 Å². The molecule has 2 N–H and O–H groups in total. The minimum atomic E-state index is 0.576. The van der Waals surface area contributed by atoms with Crippen molar-refractivity contribution in [2.75, 3.05) is 10.6 Å². The summed E-state index contributed by atoms with van der Waals surface area (Å²) in [4.78, 5) is 0. The standard InChI is InChI=1S/C22H40N2/c1-7-17(5)15-19(9-3)23-21-11-13-22(14-12-21)24-20(10-4)16-18(6)8-2/h11-14,17-20,23-24H,7-10,15-16H2,1-6H3/t17-,18+,19-,20+. The van der Waals surface area contributed by atoms with Crippen LogP contribution in [0.1, 0.15) is 80.1 Å². The topological polar surface area (TPSA) is 24.1 Å². The van der Waals surface area contributed by atoms with Gasteiger partial charge in [0, 0.05) is 23.5 Å². The van der Waals surface area contributed by atoms with Crippen molar-refractivity contribution in [1.82, 2.24) is 0 Å². The van der Waals surface area contributed by atoms with Gasteiger partial charge in [0.1, 0.15) is 0 Å². The Balaban J connectivity index is 2.57. The molecule has 0 aromatic heterocycles. The quantitative estimate of drug-likeness (QED) is 0.433. The lowest BCUT2D eigenvalue weighted by atomic mass is 9.97. The Morgan fingerprint density at radius 3 is 1.21 bits per heavy atom. The van der Waals surface area contributed by atoms with Crippen LogP contribution in [0.2, 0.25) is 0 Å². The fraction of sp³-hybridized carbons (Fsp3) is 0.727. The van der Waals surface area contributed by atoms with Gasteiger partial charge in [0.2, 0.25) is 0 Å². The maximum absolute atomic E-state index is 3.70. The molecule has 1 rings (SSSR count). The maximum Gasteiger partial charge on any atom is 0.0343 e. The molecule has 0 heterocycles. The van der Waals surface area contributed by atoms with E-state index >= 15 is 0 Å². The van der Waals surface area contributed by atoms with E-state index < -0.39 is 0 Å². The van der Waals surface area contributed by atoms with Crippen LogP contribution in [0.15, 0.2) is 24.3 Å². The van der Waals surface area contributed by atoms with Gasteiger partial charge in [-0.1, -0.05) is 54.4 Å². The SMILES string of the molecule is CC[C@@H](C)C[C@@H](CC)Nc1ccc(N[C@@H](CC)C[C@@H](C)CC)cc1. The summed E-state index contributed by atoms with van der Waals surface area (Å²) < 4.78 is 0. The number of rotatable bonds is 12. The van der Waals surface area contributed by atoms with Crippen molar-refractivity contribution in [3.05, 3.63) is 24.3 Å². The van der Waals surface area contributed by atoms with Crippen LogP contribution in [0.5, 0.6) is 0 Å². The van der Waals surface area contributed by atoms with Gasteiger partial charge >= 0.3 is 0 Å². The molecule has 2 heteroatoms. The van der Waals surface area contributed by atoms with Crippen LogP contribution in [0.4, 0.5) is 11.4 Å². The van der Waals surface area contributed by atoms with Crippen LogP contribution in [0, 0.1) is 11.8 Å². The summed E-state index contributed by atoms with van der Waals surface area (Å²) in [5.41, 5.74) is 2.48. The molecule has 0 unspecified atom stereocenters. The molecule has 0 aliphatic carbocycles. The van der Waals surface area contributed by atoms with Crippen LogP contribution >= 0.6 is 0 Å². The molecule has 0 aliphatic rings. The van der Waals surface area contributed by atoms with Gasteiger partial charge in [-0.3, -0.25) is 0 Å². The first-order valence-corrected chi connectivity index (χ1v) is 10.1. The molecule has 0 bridgehead atoms. The van der Waals surface area contributed by atoms with Crippen LogP contribution < -0.4 is 10.6 Å². The van der Waals surface area contributed by atoms with E-state index in [-0.39, 0.29) is 0 Å². The van der Waals surface area contributed by atoms with E-state index in [1.807, 2.05) is 0 Å². The molecule has 1 aromatic carbocycles. The molecule has 1 aromatic rings. The zero-order valence-corrected chi connectivity index (χ0v) is 16.9. The average molecular weight is 333 g/mol. The van der Waals surface area contributed by atoms with Crippen molar-refractivity contribution in [2.24, 2.45) is 11.8 Å². The Morgan fingerprint density at radius 2 is 0.958 bits per heavy atom. The maximum atomic E-state index is 3.70. The monoisotopic (exact) mass is 332 g/mol. The van der Waals surface area contributed by atoms with Crippen LogP contribution in [-0.2, 0) is 0 Å². The minimum Gasteiger partial charge on any atom is -0.382 e. The molecule has 0 saturated heterocycles. The predicted octanol–water partition coefficient (Wildman–Crippen LogP) is 6.94. The van der Waals surface area contributed by atoms with Crippen molar-refractivity contribution in [3.8, 4) is 0 Å². The Labute approximate surface area is 150 Å². The fourth-order valence-electron chi connectivity index (χ4n) is 3.09. The highest BCUT2D eigenvalue weighted by molar-refractivity contribution is 5.54. The Bertz CT molecular complexity index is 385. The van der Waals surface area contributed by atoms with Crippen molar-refractivity contribution in [2.45, 2.75) is 92.2 Å². The third kappa shape index (κ3) is 7.59. The largest absolute Gasteiger partial charge is 0.382 e. The summed E-state index contributed by atoms with van der Waals surface area (Å²) in [6, 6.07) is 10.0. The number of anilines is 2. The summed E-state index contributed by atoms with van der Waals surface area (Å²) in [7, 11) is 0. The lowest BCUT2D eigenvalue weighted by molar-refractivity contribution is 0.461. The first-order valence-electron chi connectivity index (χ1n) is 10.1. The molecule has 4 atom stereocenters. The van der Waals surface area contributed by atoms with Crippen molar-refractivity contribution in [3.63, 3.8) is 0 Å². The number of nitrogens with one attached hydrogen (secondary N) is 2. The molecule has 138 valence electrons. The van der Waals surface area contributed by atoms with E-state index in [1.165, 1.54) is 49.9 Å². The van der Waals surface area contributed by atoms with E-state index in [0.717, 1.165) is 11.8 Å². The summed E-state index contributed by atoms with van der Waals surface area (Å²) in [5.74, 6) is 1.57. The first-order chi connectivity index (χ1) is 11.5. The van der Waals surface area contributed by atoms with Gasteiger partial charge in [0.15, 0.2) is 0 Å². The second-order valence-corrected chi connectivity index (χ2v) is 7.57. The zero-order chi connectivity index (χ0) is 17.9. The minimum absolute atomic E-state index is 0.576. The Hall–Kier alpha value is -1.18. The highest BCUT2D eigenvalue weighted by Crippen LogP contribution is 2.21. The van der Waals surface area contributed by atoms with Gasteiger partial charge in [-0.05, 0) is 61.8 Å². The summed E-state index contributed by atoms with van der Waals surface area (Å²) in [6.45, 7) is 13.8. The number of hydrogen-bond donors (Lipinski definition) is 2. The summed E-state index contributed by atoms with van der Waals surface area (Å²) in [6.07, 6.45) is 7.37. The van der Waals surface area contributed by atoms with Crippen molar-refractivity contribution < 1.29 is 0 Å². The molecule has 2 nitrogen and oxygen atoms in total. The Kier molecular flexibility index (Phi) is 9.90. The van der Waals surface area contributed by atoms with Crippen LogP contribution in [0.25, 0.3) is 0 Å². The second kappa shape index (κ2) is 11.4. The van der Waals surface area contributed by atoms with Gasteiger partial charge in [0.25, 0.3) is 0 Å². The van der Waals surface area contributed by atoms with Gasteiger partial charge in [-0.15, -0.1) is 0 Å². The lowest BCUT2D eigenvalue weighted by Crippen LogP contribution is -2.22. The smallest absolute Gasteiger partial charge is 0.0343 e. The van der Waals surface area contributed by atoms with E-state index in [1.54, 1.807) is 0 Å². The highest BCUT2D eigenvalue weighted by Gasteiger charge is 2.12. The third-order valence-electron chi connectivity index (χ3n) is 5.38. The normalized spacial score (nSPS) is 16.2. The fourth-order valence-corrected chi connectivity index (χ4v) is 3.09. The molecule has 0 radical (unpaired) electrons. The van der Waals surface area contributed by atoms with E-state index in [4.69, 9.17) is 0 Å². The second-order valence-electron chi connectivity index (χ2n) is 7.57. The lowest BCUT2D eigenvalue weighted by Gasteiger charge is -2.23. The van der Waals surface area contributed by atoms with Crippen molar-refractivity contribution >= 4 is 11.4 Å². The molecule has 24 heavy (non-hydrogen) atoms. The summed E-state index contributed by atoms with van der Waals surface area (Å²) >= 11 is 0. The van der Waals surface area contributed by atoms with Gasteiger partial charge in [0.05, 0.1) is 0 Å². The molecule has 0 saturated carbocycles. The molecule has 0 spiro atoms. The highest BCUT2D eigenvalue weighted by atomic mass is 14.9. The average Bonchev–Trinajstić information content (AvgIpc) is 2.61. The molecule has 0 amide bonds. The van der Waals surface area contributed by atoms with Crippen LogP contribution in [0.3, 0.4) is 0 Å². The van der Waals surface area contributed by atoms with Crippen LogP contribution in [-0.4, -0.2) is 12.1 Å². The summed E-state index contributed by atoms with van der Waals surface area (Å²) in [5, 5.41) is 7.40. The molecule has 0 fully saturated rings. The zero-order valence-electron chi connectivity index (χ0n) is 16.9. The number of hydrogen-bond acceptors (Lipinski definition) is 2. The number of benzene rings is 1. The molecular weight excluding hydrogens is 292 g/mol. The van der Waals surface area contributed by atoms with Crippen molar-refractivity contribution in [1.29, 1.82) is 0 Å². The van der Waals surface area contributed by atoms with E-state index in [0.29, 0.717) is 12.1 Å². The van der Waals surface area contributed by atoms with E-state index in [9.17, 15) is 0 Å². The van der Waals surface area contributed by atoms with Gasteiger partial charge < -0.3 is 10.6 Å². The van der Waals surface area contributed by atoms with Gasteiger partial charge in [-0.2, -0.15) is 0 Å².